The Balaban J connectivity index is 2.37. The van der Waals surface area contributed by atoms with Gasteiger partial charge in [-0.3, -0.25) is 10.1 Å². The van der Waals surface area contributed by atoms with Crippen molar-refractivity contribution in [1.29, 1.82) is 0 Å². The van der Waals surface area contributed by atoms with Gasteiger partial charge in [0.05, 0.1) is 11.0 Å². The zero-order valence-corrected chi connectivity index (χ0v) is 8.12. The maximum absolute atomic E-state index is 10.6. The molecule has 1 heterocycles. The SMILES string of the molecule is O=C(O)c1cc(OC2CC2)c([N+](=O)[O-])cn1. The quantitative estimate of drug-likeness (QED) is 0.609. The van der Waals surface area contributed by atoms with E-state index in [1.54, 1.807) is 0 Å². The van der Waals surface area contributed by atoms with Gasteiger partial charge in [-0.25, -0.2) is 9.78 Å². The monoisotopic (exact) mass is 224 g/mol. The Labute approximate surface area is 89.8 Å². The highest BCUT2D eigenvalue weighted by molar-refractivity contribution is 5.86. The molecule has 7 heteroatoms. The van der Waals surface area contributed by atoms with Gasteiger partial charge < -0.3 is 9.84 Å². The van der Waals surface area contributed by atoms with Gasteiger partial charge in [0.2, 0.25) is 5.75 Å². The molecule has 1 aliphatic carbocycles. The summed E-state index contributed by atoms with van der Waals surface area (Å²) in [5.41, 5.74) is -0.571. The second kappa shape index (κ2) is 3.76. The number of hydrogen-bond donors (Lipinski definition) is 1. The minimum Gasteiger partial charge on any atom is -0.483 e. The third kappa shape index (κ3) is 2.08. The molecular weight excluding hydrogens is 216 g/mol. The second-order valence-corrected chi connectivity index (χ2v) is 3.42. The summed E-state index contributed by atoms with van der Waals surface area (Å²) in [7, 11) is 0. The van der Waals surface area contributed by atoms with E-state index in [2.05, 4.69) is 4.98 Å². The van der Waals surface area contributed by atoms with Crippen molar-refractivity contribution in [3.05, 3.63) is 28.1 Å². The lowest BCUT2D eigenvalue weighted by atomic mass is 10.3. The lowest BCUT2D eigenvalue weighted by molar-refractivity contribution is -0.386. The molecule has 1 aromatic heterocycles. The van der Waals surface area contributed by atoms with Crippen LogP contribution in [0.3, 0.4) is 0 Å². The smallest absolute Gasteiger partial charge is 0.354 e. The normalized spacial score (nSPS) is 14.5. The molecule has 0 atom stereocenters. The lowest BCUT2D eigenvalue weighted by Crippen LogP contribution is -2.05. The minimum absolute atomic E-state index is 0.0279. The number of ether oxygens (including phenoxy) is 1. The lowest BCUT2D eigenvalue weighted by Gasteiger charge is -2.05. The fraction of sp³-hybridized carbons (Fsp3) is 0.333. The number of rotatable bonds is 4. The zero-order chi connectivity index (χ0) is 11.7. The molecule has 0 aromatic carbocycles. The van der Waals surface area contributed by atoms with Crippen LogP contribution in [0.25, 0.3) is 0 Å². The van der Waals surface area contributed by atoms with Crippen molar-refractivity contribution >= 4 is 11.7 Å². The van der Waals surface area contributed by atoms with E-state index in [1.807, 2.05) is 0 Å². The molecule has 7 nitrogen and oxygen atoms in total. The summed E-state index contributed by atoms with van der Waals surface area (Å²) in [6.45, 7) is 0. The van der Waals surface area contributed by atoms with Gasteiger partial charge in [0.25, 0.3) is 0 Å². The molecule has 0 unspecified atom stereocenters. The molecule has 1 fully saturated rings. The first-order chi connectivity index (χ1) is 7.58. The summed E-state index contributed by atoms with van der Waals surface area (Å²) in [6, 6.07) is 1.08. The van der Waals surface area contributed by atoms with Crippen LogP contribution in [0.15, 0.2) is 12.3 Å². The molecule has 1 N–H and O–H groups in total. The fourth-order valence-electron chi connectivity index (χ4n) is 1.14. The Morgan fingerprint density at radius 1 is 1.62 bits per heavy atom. The molecule has 0 amide bonds. The predicted octanol–water partition coefficient (Wildman–Crippen LogP) is 1.23. The molecule has 0 bridgehead atoms. The van der Waals surface area contributed by atoms with Gasteiger partial charge in [-0.1, -0.05) is 0 Å². The summed E-state index contributed by atoms with van der Waals surface area (Å²) in [5, 5.41) is 19.3. The summed E-state index contributed by atoms with van der Waals surface area (Å²) in [4.78, 5) is 24.1. The van der Waals surface area contributed by atoms with Crippen molar-refractivity contribution in [3.63, 3.8) is 0 Å². The first kappa shape index (κ1) is 10.3. The second-order valence-electron chi connectivity index (χ2n) is 3.42. The minimum atomic E-state index is -1.24. The Morgan fingerprint density at radius 3 is 2.81 bits per heavy atom. The molecule has 1 saturated carbocycles. The Kier molecular flexibility index (Phi) is 2.43. The highest BCUT2D eigenvalue weighted by Gasteiger charge is 2.28. The van der Waals surface area contributed by atoms with Crippen LogP contribution in [-0.2, 0) is 0 Å². The average molecular weight is 224 g/mol. The van der Waals surface area contributed by atoms with E-state index in [9.17, 15) is 14.9 Å². The fourth-order valence-corrected chi connectivity index (χ4v) is 1.14. The predicted molar refractivity (Wildman–Crippen MR) is 51.5 cm³/mol. The zero-order valence-electron chi connectivity index (χ0n) is 8.12. The molecule has 0 spiro atoms. The third-order valence-electron chi connectivity index (χ3n) is 2.08. The summed E-state index contributed by atoms with van der Waals surface area (Å²) in [6.07, 6.45) is 2.54. The number of aromatic nitrogens is 1. The average Bonchev–Trinajstić information content (AvgIpc) is 3.01. The highest BCUT2D eigenvalue weighted by atomic mass is 16.6. The van der Waals surface area contributed by atoms with Crippen LogP contribution in [0, 0.1) is 10.1 Å². The van der Waals surface area contributed by atoms with E-state index in [-0.39, 0.29) is 23.2 Å². The van der Waals surface area contributed by atoms with E-state index in [1.165, 1.54) is 0 Å². The van der Waals surface area contributed by atoms with Crippen LogP contribution in [0.1, 0.15) is 23.3 Å². The number of carbonyl (C=O) groups is 1. The van der Waals surface area contributed by atoms with E-state index in [4.69, 9.17) is 9.84 Å². The molecule has 16 heavy (non-hydrogen) atoms. The first-order valence-electron chi connectivity index (χ1n) is 4.62. The van der Waals surface area contributed by atoms with Crippen molar-refractivity contribution < 1.29 is 19.6 Å². The first-order valence-corrected chi connectivity index (χ1v) is 4.62. The van der Waals surface area contributed by atoms with Gasteiger partial charge in [0.1, 0.15) is 6.20 Å². The Hall–Kier alpha value is -2.18. The summed E-state index contributed by atoms with van der Waals surface area (Å²) in [5.74, 6) is -1.27. The largest absolute Gasteiger partial charge is 0.483 e. The van der Waals surface area contributed by atoms with E-state index in [0.29, 0.717) is 0 Å². The molecular formula is C9H8N2O5. The maximum Gasteiger partial charge on any atom is 0.354 e. The molecule has 0 radical (unpaired) electrons. The molecule has 1 aromatic rings. The van der Waals surface area contributed by atoms with Crippen LogP contribution in [-0.4, -0.2) is 27.1 Å². The van der Waals surface area contributed by atoms with Crippen LogP contribution in [0.2, 0.25) is 0 Å². The third-order valence-corrected chi connectivity index (χ3v) is 2.08. The van der Waals surface area contributed by atoms with Crippen molar-refractivity contribution in [2.45, 2.75) is 18.9 Å². The molecule has 1 aliphatic rings. The van der Waals surface area contributed by atoms with Gasteiger partial charge in [0, 0.05) is 6.07 Å². The number of nitrogens with zero attached hydrogens (tertiary/aromatic N) is 2. The molecule has 0 saturated heterocycles. The highest BCUT2D eigenvalue weighted by Crippen LogP contribution is 2.33. The van der Waals surface area contributed by atoms with Crippen LogP contribution < -0.4 is 4.74 Å². The van der Waals surface area contributed by atoms with Crippen molar-refractivity contribution in [1.82, 2.24) is 4.98 Å². The van der Waals surface area contributed by atoms with Crippen LogP contribution >= 0.6 is 0 Å². The van der Waals surface area contributed by atoms with Crippen LogP contribution in [0.4, 0.5) is 5.69 Å². The molecule has 2 rings (SSSR count). The van der Waals surface area contributed by atoms with E-state index < -0.39 is 10.9 Å². The van der Waals surface area contributed by atoms with Gasteiger partial charge in [0.15, 0.2) is 5.69 Å². The van der Waals surface area contributed by atoms with Gasteiger partial charge in [-0.15, -0.1) is 0 Å². The van der Waals surface area contributed by atoms with Crippen molar-refractivity contribution in [2.24, 2.45) is 0 Å². The Morgan fingerprint density at radius 2 is 2.31 bits per heavy atom. The van der Waals surface area contributed by atoms with Gasteiger partial charge in [-0.2, -0.15) is 0 Å². The number of hydrogen-bond acceptors (Lipinski definition) is 5. The maximum atomic E-state index is 10.6. The summed E-state index contributed by atoms with van der Waals surface area (Å²) < 4.78 is 5.26. The van der Waals surface area contributed by atoms with E-state index >= 15 is 0 Å². The summed E-state index contributed by atoms with van der Waals surface area (Å²) >= 11 is 0. The molecule has 0 aliphatic heterocycles. The standard InChI is InChI=1S/C9H8N2O5/c12-9(13)6-3-8(16-5-1-2-5)7(4-10-6)11(14)15/h3-5H,1-2H2,(H,12,13). The topological polar surface area (TPSA) is 103 Å². The number of aromatic carboxylic acids is 1. The number of carboxylic acid groups (broad SMARTS) is 1. The molecule has 84 valence electrons. The van der Waals surface area contributed by atoms with Crippen molar-refractivity contribution in [2.75, 3.05) is 0 Å². The Bertz CT molecular complexity index is 455. The number of nitro groups is 1. The number of pyridine rings is 1. The van der Waals surface area contributed by atoms with Gasteiger partial charge >= 0.3 is 11.7 Å². The van der Waals surface area contributed by atoms with E-state index in [0.717, 1.165) is 25.1 Å². The van der Waals surface area contributed by atoms with Crippen molar-refractivity contribution in [3.8, 4) is 5.75 Å². The van der Waals surface area contributed by atoms with Gasteiger partial charge in [-0.05, 0) is 12.8 Å². The van der Waals surface area contributed by atoms with Crippen LogP contribution in [0.5, 0.6) is 5.75 Å². The number of carboxylic acids is 1.